The number of carbonyl (C=O) groups is 1. The van der Waals surface area contributed by atoms with Crippen LogP contribution >= 0.6 is 0 Å². The lowest BCUT2D eigenvalue weighted by molar-refractivity contribution is 0.102. The second kappa shape index (κ2) is 6.15. The summed E-state index contributed by atoms with van der Waals surface area (Å²) < 4.78 is 0. The molecule has 100 valence electrons. The van der Waals surface area contributed by atoms with Crippen LogP contribution in [0.4, 0.5) is 5.69 Å². The van der Waals surface area contributed by atoms with Gasteiger partial charge in [0.15, 0.2) is 5.69 Å². The van der Waals surface area contributed by atoms with Crippen molar-refractivity contribution in [3.8, 4) is 0 Å². The summed E-state index contributed by atoms with van der Waals surface area (Å²) in [6, 6.07) is 8.85. The van der Waals surface area contributed by atoms with Gasteiger partial charge in [-0.15, -0.1) is 0 Å². The quantitative estimate of drug-likeness (QED) is 0.769. The van der Waals surface area contributed by atoms with Crippen LogP contribution in [-0.2, 0) is 13.0 Å². The molecule has 5 heteroatoms. The van der Waals surface area contributed by atoms with Crippen molar-refractivity contribution in [2.45, 2.75) is 26.4 Å². The molecule has 0 bridgehead atoms. The van der Waals surface area contributed by atoms with E-state index in [1.165, 1.54) is 0 Å². The Hall–Kier alpha value is -2.14. The van der Waals surface area contributed by atoms with Crippen molar-refractivity contribution >= 4 is 11.6 Å². The molecule has 0 aliphatic rings. The van der Waals surface area contributed by atoms with E-state index in [0.29, 0.717) is 11.4 Å². The minimum atomic E-state index is -0.256. The first-order chi connectivity index (χ1) is 9.22. The van der Waals surface area contributed by atoms with Gasteiger partial charge in [0.25, 0.3) is 5.91 Å². The fourth-order valence-electron chi connectivity index (χ4n) is 1.82. The molecule has 0 aliphatic carbocycles. The number of aliphatic hydroxyl groups is 1. The summed E-state index contributed by atoms with van der Waals surface area (Å²) in [5, 5.41) is 18.6. The number of nitrogens with one attached hydrogen (secondary N) is 2. The van der Waals surface area contributed by atoms with Crippen LogP contribution in [0.15, 0.2) is 30.3 Å². The summed E-state index contributed by atoms with van der Waals surface area (Å²) in [7, 11) is 0. The third-order valence-electron chi connectivity index (χ3n) is 2.75. The molecular weight excluding hydrogens is 242 g/mol. The van der Waals surface area contributed by atoms with Gasteiger partial charge in [0.2, 0.25) is 0 Å². The van der Waals surface area contributed by atoms with Gasteiger partial charge >= 0.3 is 0 Å². The second-order valence-electron chi connectivity index (χ2n) is 4.34. The number of hydrogen-bond donors (Lipinski definition) is 3. The summed E-state index contributed by atoms with van der Waals surface area (Å²) in [6.07, 6.45) is 1.88. The van der Waals surface area contributed by atoms with Crippen molar-refractivity contribution in [3.63, 3.8) is 0 Å². The lowest BCUT2D eigenvalue weighted by Gasteiger charge is -2.04. The Bertz CT molecular complexity index is 563. The predicted octanol–water partition coefficient (Wildman–Crippen LogP) is 2.11. The minimum Gasteiger partial charge on any atom is -0.392 e. The molecular formula is C14H17N3O2. The van der Waals surface area contributed by atoms with E-state index in [9.17, 15) is 4.79 Å². The van der Waals surface area contributed by atoms with Gasteiger partial charge in [0.05, 0.1) is 6.61 Å². The summed E-state index contributed by atoms with van der Waals surface area (Å²) in [5.41, 5.74) is 2.73. The molecule has 3 N–H and O–H groups in total. The number of rotatable bonds is 5. The Labute approximate surface area is 111 Å². The van der Waals surface area contributed by atoms with Crippen LogP contribution in [0, 0.1) is 0 Å². The van der Waals surface area contributed by atoms with Crippen LogP contribution in [0.25, 0.3) is 0 Å². The number of benzene rings is 1. The van der Waals surface area contributed by atoms with Gasteiger partial charge in [0.1, 0.15) is 0 Å². The SMILES string of the molecule is CCCc1cc(C(=O)Nc2cccc(CO)c2)n[nH]1. The van der Waals surface area contributed by atoms with Crippen LogP contribution in [-0.4, -0.2) is 21.2 Å². The third kappa shape index (κ3) is 3.42. The van der Waals surface area contributed by atoms with Crippen LogP contribution in [0.5, 0.6) is 0 Å². The molecule has 0 unspecified atom stereocenters. The number of hydrogen-bond acceptors (Lipinski definition) is 3. The molecule has 1 aromatic carbocycles. The topological polar surface area (TPSA) is 78.0 Å². The maximum Gasteiger partial charge on any atom is 0.276 e. The molecule has 19 heavy (non-hydrogen) atoms. The Kier molecular flexibility index (Phi) is 4.30. The van der Waals surface area contributed by atoms with Crippen LogP contribution in [0.3, 0.4) is 0 Å². The number of anilines is 1. The highest BCUT2D eigenvalue weighted by Crippen LogP contribution is 2.12. The Balaban J connectivity index is 2.06. The van der Waals surface area contributed by atoms with Crippen molar-refractivity contribution in [1.29, 1.82) is 0 Å². The fourth-order valence-corrected chi connectivity index (χ4v) is 1.82. The Morgan fingerprint density at radius 3 is 3.00 bits per heavy atom. The molecule has 2 aromatic rings. The van der Waals surface area contributed by atoms with Gasteiger partial charge in [0, 0.05) is 11.4 Å². The van der Waals surface area contributed by atoms with E-state index in [1.807, 2.05) is 0 Å². The first kappa shape index (κ1) is 13.3. The Morgan fingerprint density at radius 2 is 2.26 bits per heavy atom. The molecule has 0 atom stereocenters. The van der Waals surface area contributed by atoms with Gasteiger partial charge in [-0.2, -0.15) is 5.10 Å². The lowest BCUT2D eigenvalue weighted by atomic mass is 10.2. The van der Waals surface area contributed by atoms with Crippen LogP contribution in [0.1, 0.15) is 35.1 Å². The number of carbonyl (C=O) groups excluding carboxylic acids is 1. The highest BCUT2D eigenvalue weighted by molar-refractivity contribution is 6.02. The highest BCUT2D eigenvalue weighted by atomic mass is 16.3. The number of H-pyrrole nitrogens is 1. The largest absolute Gasteiger partial charge is 0.392 e. The number of aromatic amines is 1. The van der Waals surface area contributed by atoms with E-state index in [1.54, 1.807) is 30.3 Å². The first-order valence-corrected chi connectivity index (χ1v) is 6.28. The standard InChI is InChI=1S/C14H17N3O2/c1-2-4-12-8-13(17-16-12)14(19)15-11-6-3-5-10(7-11)9-18/h3,5-8,18H,2,4,9H2,1H3,(H,15,19)(H,16,17). The smallest absolute Gasteiger partial charge is 0.276 e. The molecule has 0 aliphatic heterocycles. The molecule has 0 saturated carbocycles. The number of aliphatic hydroxyl groups excluding tert-OH is 1. The van der Waals surface area contributed by atoms with Gasteiger partial charge in [-0.3, -0.25) is 9.89 Å². The van der Waals surface area contributed by atoms with Crippen molar-refractivity contribution in [1.82, 2.24) is 10.2 Å². The normalized spacial score (nSPS) is 10.4. The van der Waals surface area contributed by atoms with E-state index in [0.717, 1.165) is 24.1 Å². The maximum absolute atomic E-state index is 12.0. The summed E-state index contributed by atoms with van der Waals surface area (Å²) in [4.78, 5) is 12.0. The van der Waals surface area contributed by atoms with Gasteiger partial charge in [-0.05, 0) is 30.2 Å². The van der Waals surface area contributed by atoms with E-state index >= 15 is 0 Å². The van der Waals surface area contributed by atoms with Crippen molar-refractivity contribution in [3.05, 3.63) is 47.3 Å². The second-order valence-corrected chi connectivity index (χ2v) is 4.34. The lowest BCUT2D eigenvalue weighted by Crippen LogP contribution is -2.12. The molecule has 5 nitrogen and oxygen atoms in total. The number of amides is 1. The predicted molar refractivity (Wildman–Crippen MR) is 72.9 cm³/mol. The molecule has 0 radical (unpaired) electrons. The van der Waals surface area contributed by atoms with Gasteiger partial charge in [-0.1, -0.05) is 25.5 Å². The average molecular weight is 259 g/mol. The van der Waals surface area contributed by atoms with Gasteiger partial charge < -0.3 is 10.4 Å². The van der Waals surface area contributed by atoms with Crippen molar-refractivity contribution < 1.29 is 9.90 Å². The number of aryl methyl sites for hydroxylation is 1. The van der Waals surface area contributed by atoms with Crippen molar-refractivity contribution in [2.75, 3.05) is 5.32 Å². The molecule has 2 rings (SSSR count). The van der Waals surface area contributed by atoms with E-state index in [2.05, 4.69) is 22.4 Å². The molecule has 1 amide bonds. The molecule has 1 aromatic heterocycles. The monoisotopic (exact) mass is 259 g/mol. The summed E-state index contributed by atoms with van der Waals surface area (Å²) in [6.45, 7) is 2.02. The number of aromatic nitrogens is 2. The minimum absolute atomic E-state index is 0.0488. The molecule has 1 heterocycles. The highest BCUT2D eigenvalue weighted by Gasteiger charge is 2.10. The summed E-state index contributed by atoms with van der Waals surface area (Å²) in [5.74, 6) is -0.256. The van der Waals surface area contributed by atoms with E-state index in [-0.39, 0.29) is 12.5 Å². The van der Waals surface area contributed by atoms with E-state index < -0.39 is 0 Å². The average Bonchev–Trinajstić information content (AvgIpc) is 2.88. The third-order valence-corrected chi connectivity index (χ3v) is 2.75. The fraction of sp³-hybridized carbons (Fsp3) is 0.286. The maximum atomic E-state index is 12.0. The van der Waals surface area contributed by atoms with Gasteiger partial charge in [-0.25, -0.2) is 0 Å². The van der Waals surface area contributed by atoms with Crippen LogP contribution in [0.2, 0.25) is 0 Å². The molecule has 0 saturated heterocycles. The summed E-state index contributed by atoms with van der Waals surface area (Å²) >= 11 is 0. The zero-order valence-corrected chi connectivity index (χ0v) is 10.8. The van der Waals surface area contributed by atoms with Crippen LogP contribution < -0.4 is 5.32 Å². The molecule has 0 fully saturated rings. The molecule has 0 spiro atoms. The zero-order valence-electron chi connectivity index (χ0n) is 10.8. The first-order valence-electron chi connectivity index (χ1n) is 6.28. The van der Waals surface area contributed by atoms with Crippen molar-refractivity contribution in [2.24, 2.45) is 0 Å². The Morgan fingerprint density at radius 1 is 1.42 bits per heavy atom. The van der Waals surface area contributed by atoms with E-state index in [4.69, 9.17) is 5.11 Å². The number of nitrogens with zero attached hydrogens (tertiary/aromatic N) is 1. The zero-order chi connectivity index (χ0) is 13.7.